The van der Waals surface area contributed by atoms with Crippen molar-refractivity contribution in [3.05, 3.63) is 34.0 Å². The lowest BCUT2D eigenvalue weighted by Crippen LogP contribution is -2.25. The average molecular weight is 394 g/mol. The molecule has 2 aromatic heterocycles. The average Bonchev–Trinajstić information content (AvgIpc) is 3.19. The molecule has 2 amide bonds. The van der Waals surface area contributed by atoms with Gasteiger partial charge in [0.2, 0.25) is 5.91 Å². The molecule has 0 aliphatic carbocycles. The number of aromatic carboxylic acids is 1. The van der Waals surface area contributed by atoms with Gasteiger partial charge in [0.25, 0.3) is 5.91 Å². The smallest absolute Gasteiger partial charge is 0.356 e. The summed E-state index contributed by atoms with van der Waals surface area (Å²) in [5, 5.41) is 15.4. The molecule has 2 aromatic rings. The fraction of sp³-hybridized carbons (Fsp3) is 0.312. The molecule has 2 rings (SSSR count). The molecule has 27 heavy (non-hydrogen) atoms. The van der Waals surface area contributed by atoms with E-state index in [0.717, 1.165) is 11.3 Å². The van der Waals surface area contributed by atoms with E-state index < -0.39 is 29.8 Å². The predicted molar refractivity (Wildman–Crippen MR) is 96.1 cm³/mol. The summed E-state index contributed by atoms with van der Waals surface area (Å²) in [6.07, 6.45) is 1.36. The van der Waals surface area contributed by atoms with E-state index in [1.165, 1.54) is 30.8 Å². The molecule has 0 radical (unpaired) electrons. The molecule has 0 saturated heterocycles. The second kappa shape index (κ2) is 7.99. The van der Waals surface area contributed by atoms with Crippen LogP contribution in [0.3, 0.4) is 0 Å². The Morgan fingerprint density at radius 1 is 1.41 bits per heavy atom. The molecule has 0 saturated carbocycles. The van der Waals surface area contributed by atoms with Crippen LogP contribution in [0.5, 0.6) is 0 Å². The summed E-state index contributed by atoms with van der Waals surface area (Å²) < 4.78 is 6.16. The van der Waals surface area contributed by atoms with Crippen LogP contribution in [0, 0.1) is 6.92 Å². The Labute approximate surface area is 157 Å². The van der Waals surface area contributed by atoms with Gasteiger partial charge in [0.1, 0.15) is 11.0 Å². The predicted octanol–water partition coefficient (Wildman–Crippen LogP) is 1.43. The molecular formula is C16H18N4O6S. The number of aromatic nitrogens is 2. The van der Waals surface area contributed by atoms with Gasteiger partial charge in [-0.3, -0.25) is 14.3 Å². The molecule has 4 N–H and O–H groups in total. The monoisotopic (exact) mass is 394 g/mol. The molecule has 2 heterocycles. The van der Waals surface area contributed by atoms with Gasteiger partial charge >= 0.3 is 11.9 Å². The number of amides is 2. The van der Waals surface area contributed by atoms with Gasteiger partial charge in [-0.05, 0) is 32.4 Å². The number of thiophene rings is 1. The number of ether oxygens (including phenoxy) is 1. The molecular weight excluding hydrogens is 376 g/mol. The van der Waals surface area contributed by atoms with Crippen molar-refractivity contribution in [2.45, 2.75) is 26.8 Å². The fourth-order valence-corrected chi connectivity index (χ4v) is 3.34. The third-order valence-corrected chi connectivity index (χ3v) is 4.91. The number of nitrogens with two attached hydrogens (primary N) is 1. The Morgan fingerprint density at radius 3 is 2.59 bits per heavy atom. The molecule has 0 fully saturated rings. The van der Waals surface area contributed by atoms with Gasteiger partial charge in [0.15, 0.2) is 5.69 Å². The van der Waals surface area contributed by atoms with Gasteiger partial charge in [-0.2, -0.15) is 5.10 Å². The molecule has 0 spiro atoms. The lowest BCUT2D eigenvalue weighted by Gasteiger charge is -2.13. The number of hydrogen-bond acceptors (Lipinski definition) is 7. The van der Waals surface area contributed by atoms with Crippen LogP contribution in [0.4, 0.5) is 5.00 Å². The van der Waals surface area contributed by atoms with E-state index in [9.17, 15) is 19.2 Å². The summed E-state index contributed by atoms with van der Waals surface area (Å²) in [5.41, 5.74) is 5.50. The lowest BCUT2D eigenvalue weighted by atomic mass is 10.1. The van der Waals surface area contributed by atoms with Gasteiger partial charge in [-0.1, -0.05) is 0 Å². The maximum atomic E-state index is 12.5. The van der Waals surface area contributed by atoms with Gasteiger partial charge < -0.3 is 20.9 Å². The SMILES string of the molecule is CCOC(=O)c1c(NC(=O)C(C)n2ccc(C(=O)O)n2)sc(C(N)=O)c1C. The van der Waals surface area contributed by atoms with E-state index in [0.29, 0.717) is 5.56 Å². The van der Waals surface area contributed by atoms with Gasteiger partial charge in [-0.15, -0.1) is 11.3 Å². The molecule has 0 aromatic carbocycles. The molecule has 10 nitrogen and oxygen atoms in total. The Morgan fingerprint density at radius 2 is 2.07 bits per heavy atom. The topological polar surface area (TPSA) is 154 Å². The highest BCUT2D eigenvalue weighted by atomic mass is 32.1. The van der Waals surface area contributed by atoms with Crippen LogP contribution in [-0.4, -0.2) is 45.2 Å². The second-order valence-electron chi connectivity index (χ2n) is 5.50. The number of carboxylic acid groups (broad SMARTS) is 1. The summed E-state index contributed by atoms with van der Waals surface area (Å²) in [5.74, 6) is -3.19. The zero-order valence-electron chi connectivity index (χ0n) is 14.8. The van der Waals surface area contributed by atoms with Crippen molar-refractivity contribution in [2.75, 3.05) is 11.9 Å². The number of carboxylic acids is 1. The van der Waals surface area contributed by atoms with Crippen LogP contribution >= 0.6 is 11.3 Å². The number of anilines is 1. The van der Waals surface area contributed by atoms with E-state index in [1.54, 1.807) is 6.92 Å². The van der Waals surface area contributed by atoms with Crippen molar-refractivity contribution in [1.29, 1.82) is 0 Å². The minimum Gasteiger partial charge on any atom is -0.476 e. The highest BCUT2D eigenvalue weighted by Crippen LogP contribution is 2.34. The summed E-state index contributed by atoms with van der Waals surface area (Å²) in [6, 6.07) is 0.393. The maximum absolute atomic E-state index is 12.5. The first-order valence-electron chi connectivity index (χ1n) is 7.86. The van der Waals surface area contributed by atoms with Gasteiger partial charge in [0.05, 0.1) is 17.0 Å². The van der Waals surface area contributed by atoms with Crippen molar-refractivity contribution in [1.82, 2.24) is 9.78 Å². The largest absolute Gasteiger partial charge is 0.476 e. The molecule has 0 aliphatic heterocycles. The molecule has 11 heteroatoms. The molecule has 0 aliphatic rings. The summed E-state index contributed by atoms with van der Waals surface area (Å²) in [4.78, 5) is 47.4. The number of hydrogen-bond donors (Lipinski definition) is 3. The Hall–Kier alpha value is -3.21. The fourth-order valence-electron chi connectivity index (χ4n) is 2.29. The van der Waals surface area contributed by atoms with Crippen LogP contribution < -0.4 is 11.1 Å². The maximum Gasteiger partial charge on any atom is 0.356 e. The highest BCUT2D eigenvalue weighted by molar-refractivity contribution is 7.18. The van der Waals surface area contributed by atoms with Crippen LogP contribution in [0.2, 0.25) is 0 Å². The van der Waals surface area contributed by atoms with Crippen LogP contribution in [0.1, 0.15) is 56.0 Å². The standard InChI is InChI=1S/C16H18N4O6S/c1-4-26-16(25)10-7(2)11(12(17)21)27-14(10)18-13(22)8(3)20-6-5-9(19-20)15(23)24/h5-6,8H,4H2,1-3H3,(H2,17,21)(H,18,22)(H,23,24). The first-order chi connectivity index (χ1) is 12.7. The van der Waals surface area contributed by atoms with Crippen molar-refractivity contribution in [3.63, 3.8) is 0 Å². The minimum absolute atomic E-state index is 0.0582. The first kappa shape index (κ1) is 20.1. The van der Waals surface area contributed by atoms with E-state index in [4.69, 9.17) is 15.6 Å². The number of nitrogens with zero attached hydrogens (tertiary/aromatic N) is 2. The minimum atomic E-state index is -1.22. The van der Waals surface area contributed by atoms with Crippen molar-refractivity contribution in [3.8, 4) is 0 Å². The molecule has 0 bridgehead atoms. The number of nitrogens with one attached hydrogen (secondary N) is 1. The number of carbonyl (C=O) groups is 4. The van der Waals surface area contributed by atoms with E-state index in [2.05, 4.69) is 10.4 Å². The van der Waals surface area contributed by atoms with Crippen molar-refractivity contribution < 1.29 is 29.0 Å². The first-order valence-corrected chi connectivity index (χ1v) is 8.68. The molecule has 1 atom stereocenters. The second-order valence-corrected chi connectivity index (χ2v) is 6.52. The Bertz CT molecular complexity index is 916. The number of carbonyl (C=O) groups excluding carboxylic acids is 3. The van der Waals surface area contributed by atoms with Gasteiger partial charge in [0, 0.05) is 6.20 Å². The summed E-state index contributed by atoms with van der Waals surface area (Å²) in [7, 11) is 0. The van der Waals surface area contributed by atoms with Crippen LogP contribution in [0.25, 0.3) is 0 Å². The Kier molecular flexibility index (Phi) is 5.95. The number of primary amides is 1. The summed E-state index contributed by atoms with van der Waals surface area (Å²) in [6.45, 7) is 4.80. The third kappa shape index (κ3) is 4.14. The third-order valence-electron chi connectivity index (χ3n) is 3.69. The van der Waals surface area contributed by atoms with Crippen LogP contribution in [-0.2, 0) is 9.53 Å². The quantitative estimate of drug-likeness (QED) is 0.600. The lowest BCUT2D eigenvalue weighted by molar-refractivity contribution is -0.119. The van der Waals surface area contributed by atoms with E-state index in [-0.39, 0.29) is 27.7 Å². The zero-order valence-corrected chi connectivity index (χ0v) is 15.6. The van der Waals surface area contributed by atoms with Gasteiger partial charge in [-0.25, -0.2) is 9.59 Å². The molecule has 1 unspecified atom stereocenters. The Balaban J connectivity index is 2.32. The zero-order chi connectivity index (χ0) is 20.3. The normalized spacial score (nSPS) is 11.7. The number of esters is 1. The van der Waals surface area contributed by atoms with E-state index in [1.807, 2.05) is 0 Å². The highest BCUT2D eigenvalue weighted by Gasteiger charge is 2.27. The van der Waals surface area contributed by atoms with Crippen LogP contribution in [0.15, 0.2) is 12.3 Å². The molecule has 144 valence electrons. The van der Waals surface area contributed by atoms with E-state index >= 15 is 0 Å². The van der Waals surface area contributed by atoms with Crippen molar-refractivity contribution >= 4 is 40.1 Å². The number of rotatable bonds is 7. The van der Waals surface area contributed by atoms with Crippen molar-refractivity contribution in [2.24, 2.45) is 5.73 Å². The summed E-state index contributed by atoms with van der Waals surface area (Å²) >= 11 is 0.868.